The summed E-state index contributed by atoms with van der Waals surface area (Å²) in [5.41, 5.74) is 7.66. The molecule has 0 bridgehead atoms. The van der Waals surface area contributed by atoms with Gasteiger partial charge in [-0.1, -0.05) is 93.8 Å². The predicted octanol–water partition coefficient (Wildman–Crippen LogP) is 8.91. The largest absolute Gasteiger partial charge is 0.491 e. The van der Waals surface area contributed by atoms with Gasteiger partial charge in [-0.3, -0.25) is 0 Å². The molecule has 1 N–H and O–H groups in total. The zero-order valence-corrected chi connectivity index (χ0v) is 24.9. The molecular weight excluding hydrogens is 508 g/mol. The Balaban J connectivity index is 1.50. The standard InChI is InChI=1S/C37H46O4/c1-4-5-6-7-28-8-10-31(11-9-28)33-18-21-36(34(26-33)22-24-41-37(39)27(2)3)32-14-12-29(13-15-32)30-16-19-35(20-17-30)40-25-23-38/h12-21,26,28,31,38H,2,4-11,22-25H2,1,3H3. The van der Waals surface area contributed by atoms with Crippen molar-refractivity contribution >= 4 is 5.97 Å². The van der Waals surface area contributed by atoms with Crippen molar-refractivity contribution in [1.82, 2.24) is 0 Å². The molecule has 1 fully saturated rings. The molecule has 0 aromatic heterocycles. The average Bonchev–Trinajstić information content (AvgIpc) is 3.01. The van der Waals surface area contributed by atoms with E-state index in [2.05, 4.69) is 56.0 Å². The van der Waals surface area contributed by atoms with Crippen LogP contribution in [0.15, 0.2) is 78.9 Å². The van der Waals surface area contributed by atoms with E-state index in [-0.39, 0.29) is 12.6 Å². The van der Waals surface area contributed by atoms with E-state index in [1.807, 2.05) is 24.3 Å². The van der Waals surface area contributed by atoms with Gasteiger partial charge in [-0.25, -0.2) is 4.79 Å². The fourth-order valence-electron chi connectivity index (χ4n) is 5.95. The van der Waals surface area contributed by atoms with Gasteiger partial charge < -0.3 is 14.6 Å². The minimum atomic E-state index is -0.332. The lowest BCUT2D eigenvalue weighted by molar-refractivity contribution is -0.138. The number of ether oxygens (including phenoxy) is 2. The second kappa shape index (κ2) is 15.6. The Morgan fingerprint density at radius 3 is 2.17 bits per heavy atom. The van der Waals surface area contributed by atoms with Gasteiger partial charge in [0, 0.05) is 12.0 Å². The zero-order chi connectivity index (χ0) is 29.0. The molecule has 0 atom stereocenters. The van der Waals surface area contributed by atoms with Crippen molar-refractivity contribution in [3.05, 3.63) is 90.0 Å². The predicted molar refractivity (Wildman–Crippen MR) is 168 cm³/mol. The third-order valence-corrected chi connectivity index (χ3v) is 8.36. The number of carbonyl (C=O) groups is 1. The first-order valence-corrected chi connectivity index (χ1v) is 15.4. The van der Waals surface area contributed by atoms with Gasteiger partial charge in [0.25, 0.3) is 0 Å². The van der Waals surface area contributed by atoms with Crippen LogP contribution in [0.25, 0.3) is 22.3 Å². The number of hydrogen-bond donors (Lipinski definition) is 1. The zero-order valence-electron chi connectivity index (χ0n) is 24.9. The number of benzene rings is 3. The molecule has 0 radical (unpaired) electrons. The van der Waals surface area contributed by atoms with E-state index in [4.69, 9.17) is 14.6 Å². The first kappa shape index (κ1) is 30.6. The van der Waals surface area contributed by atoms with E-state index in [9.17, 15) is 4.79 Å². The van der Waals surface area contributed by atoms with Crippen molar-refractivity contribution in [2.45, 2.75) is 77.6 Å². The maximum atomic E-state index is 12.0. The number of esters is 1. The minimum absolute atomic E-state index is 0.00274. The molecule has 3 aromatic carbocycles. The maximum absolute atomic E-state index is 12.0. The van der Waals surface area contributed by atoms with E-state index < -0.39 is 0 Å². The summed E-state index contributed by atoms with van der Waals surface area (Å²) in [6, 6.07) is 23.5. The highest BCUT2D eigenvalue weighted by molar-refractivity contribution is 5.87. The second-order valence-electron chi connectivity index (χ2n) is 11.5. The molecule has 4 nitrogen and oxygen atoms in total. The van der Waals surface area contributed by atoms with Crippen molar-refractivity contribution in [3.8, 4) is 28.0 Å². The number of aliphatic hydroxyl groups excluding tert-OH is 1. The molecule has 4 rings (SSSR count). The molecule has 1 aliphatic carbocycles. The Morgan fingerprint density at radius 1 is 0.878 bits per heavy atom. The van der Waals surface area contributed by atoms with Gasteiger partial charge in [-0.2, -0.15) is 0 Å². The smallest absolute Gasteiger partial charge is 0.333 e. The molecule has 3 aromatic rings. The molecule has 1 aliphatic rings. The van der Waals surface area contributed by atoms with Crippen LogP contribution in [0.5, 0.6) is 5.75 Å². The van der Waals surface area contributed by atoms with Crippen LogP contribution in [-0.2, 0) is 16.0 Å². The first-order chi connectivity index (χ1) is 20.0. The number of rotatable bonds is 14. The van der Waals surface area contributed by atoms with Crippen LogP contribution in [0, 0.1) is 5.92 Å². The third-order valence-electron chi connectivity index (χ3n) is 8.36. The number of unbranched alkanes of at least 4 members (excludes halogenated alkanes) is 2. The van der Waals surface area contributed by atoms with Gasteiger partial charge in [-0.15, -0.1) is 0 Å². The summed E-state index contributed by atoms with van der Waals surface area (Å²) in [4.78, 5) is 12.0. The van der Waals surface area contributed by atoms with Crippen molar-refractivity contribution in [3.63, 3.8) is 0 Å². The lowest BCUT2D eigenvalue weighted by atomic mass is 9.76. The van der Waals surface area contributed by atoms with Crippen LogP contribution >= 0.6 is 0 Å². The van der Waals surface area contributed by atoms with E-state index in [1.54, 1.807) is 6.92 Å². The lowest BCUT2D eigenvalue weighted by Crippen LogP contribution is -2.14. The van der Waals surface area contributed by atoms with Gasteiger partial charge in [0.15, 0.2) is 0 Å². The van der Waals surface area contributed by atoms with Crippen molar-refractivity contribution < 1.29 is 19.4 Å². The summed E-state index contributed by atoms with van der Waals surface area (Å²) < 4.78 is 11.0. The summed E-state index contributed by atoms with van der Waals surface area (Å²) in [5, 5.41) is 8.97. The molecule has 218 valence electrons. The third kappa shape index (κ3) is 8.81. The summed E-state index contributed by atoms with van der Waals surface area (Å²) in [6.07, 6.45) is 11.3. The quantitative estimate of drug-likeness (QED) is 0.123. The van der Waals surface area contributed by atoms with E-state index in [1.165, 1.54) is 68.1 Å². The van der Waals surface area contributed by atoms with Crippen molar-refractivity contribution in [2.75, 3.05) is 19.8 Å². The van der Waals surface area contributed by atoms with E-state index in [0.717, 1.165) is 28.4 Å². The maximum Gasteiger partial charge on any atom is 0.333 e. The number of hydrogen-bond acceptors (Lipinski definition) is 4. The van der Waals surface area contributed by atoms with E-state index >= 15 is 0 Å². The molecule has 0 saturated heterocycles. The van der Waals surface area contributed by atoms with Crippen molar-refractivity contribution in [1.29, 1.82) is 0 Å². The van der Waals surface area contributed by atoms with Gasteiger partial charge in [-0.05, 0) is 90.0 Å². The van der Waals surface area contributed by atoms with Crippen LogP contribution in [-0.4, -0.2) is 30.9 Å². The molecular formula is C37H46O4. The monoisotopic (exact) mass is 554 g/mol. The van der Waals surface area contributed by atoms with E-state index in [0.29, 0.717) is 31.1 Å². The molecule has 0 amide bonds. The van der Waals surface area contributed by atoms with Crippen LogP contribution in [0.4, 0.5) is 0 Å². The van der Waals surface area contributed by atoms with Gasteiger partial charge in [0.1, 0.15) is 12.4 Å². The van der Waals surface area contributed by atoms with Crippen molar-refractivity contribution in [2.24, 2.45) is 5.92 Å². The molecule has 41 heavy (non-hydrogen) atoms. The highest BCUT2D eigenvalue weighted by atomic mass is 16.5. The van der Waals surface area contributed by atoms with Gasteiger partial charge in [0.05, 0.1) is 13.2 Å². The Bertz CT molecular complexity index is 1250. The molecule has 1 saturated carbocycles. The van der Waals surface area contributed by atoms with Gasteiger partial charge >= 0.3 is 5.97 Å². The SMILES string of the molecule is C=C(C)C(=O)OCCc1cc(C2CCC(CCCCC)CC2)ccc1-c1ccc(-c2ccc(OCCO)cc2)cc1. The Hall–Kier alpha value is -3.37. The second-order valence-corrected chi connectivity index (χ2v) is 11.5. The van der Waals surface area contributed by atoms with Crippen LogP contribution in [0.2, 0.25) is 0 Å². The molecule has 0 spiro atoms. The molecule has 4 heteroatoms. The number of carbonyl (C=O) groups excluding carboxylic acids is 1. The van der Waals surface area contributed by atoms with Crippen LogP contribution < -0.4 is 4.74 Å². The first-order valence-electron chi connectivity index (χ1n) is 15.4. The molecule has 0 unspecified atom stereocenters. The average molecular weight is 555 g/mol. The Kier molecular flexibility index (Phi) is 11.6. The lowest BCUT2D eigenvalue weighted by Gasteiger charge is -2.29. The molecule has 0 aliphatic heterocycles. The number of aliphatic hydroxyl groups is 1. The highest BCUT2D eigenvalue weighted by Gasteiger charge is 2.23. The summed E-state index contributed by atoms with van der Waals surface area (Å²) in [5.74, 6) is 1.92. The summed E-state index contributed by atoms with van der Waals surface area (Å²) in [6.45, 7) is 8.31. The molecule has 0 heterocycles. The van der Waals surface area contributed by atoms with Crippen LogP contribution in [0.3, 0.4) is 0 Å². The minimum Gasteiger partial charge on any atom is -0.491 e. The summed E-state index contributed by atoms with van der Waals surface area (Å²) in [7, 11) is 0. The summed E-state index contributed by atoms with van der Waals surface area (Å²) >= 11 is 0. The van der Waals surface area contributed by atoms with Gasteiger partial charge in [0.2, 0.25) is 0 Å². The Labute approximate surface area is 246 Å². The normalized spacial score (nSPS) is 16.8. The fourth-order valence-corrected chi connectivity index (χ4v) is 5.95. The van der Waals surface area contributed by atoms with Crippen LogP contribution in [0.1, 0.15) is 82.3 Å². The fraction of sp³-hybridized carbons (Fsp3) is 0.432. The highest BCUT2D eigenvalue weighted by Crippen LogP contribution is 2.39. The topological polar surface area (TPSA) is 55.8 Å². The Morgan fingerprint density at radius 2 is 1.54 bits per heavy atom.